The molecule has 124 valence electrons. The Hall–Kier alpha value is -2.78. The zero-order valence-electron chi connectivity index (χ0n) is 13.8. The van der Waals surface area contributed by atoms with Gasteiger partial charge in [0.05, 0.1) is 18.1 Å². The molecule has 4 heteroatoms. The standard InChI is InChI=1S/C21H17ClN2O/c1-25-18-12-6-15(7-13-18)14-24-20-5-3-2-4-19(20)23-21(24)16-8-10-17(22)11-9-16/h2-13H,14H2,1H3. The molecule has 1 heterocycles. The number of nitrogens with zero attached hydrogens (tertiary/aromatic N) is 2. The Labute approximate surface area is 151 Å². The normalized spacial score (nSPS) is 11.0. The minimum atomic E-state index is 0.724. The van der Waals surface area contributed by atoms with Gasteiger partial charge in [-0.15, -0.1) is 0 Å². The lowest BCUT2D eigenvalue weighted by atomic mass is 10.2. The third-order valence-electron chi connectivity index (χ3n) is 4.26. The van der Waals surface area contributed by atoms with Crippen molar-refractivity contribution in [2.45, 2.75) is 6.54 Å². The molecule has 0 aliphatic carbocycles. The van der Waals surface area contributed by atoms with E-state index in [1.807, 2.05) is 54.6 Å². The molecule has 0 saturated carbocycles. The number of rotatable bonds is 4. The lowest BCUT2D eigenvalue weighted by Crippen LogP contribution is -2.02. The summed E-state index contributed by atoms with van der Waals surface area (Å²) in [4.78, 5) is 4.84. The number of methoxy groups -OCH3 is 1. The van der Waals surface area contributed by atoms with Crippen LogP contribution in [0.4, 0.5) is 0 Å². The van der Waals surface area contributed by atoms with Gasteiger partial charge in [0.2, 0.25) is 0 Å². The third kappa shape index (κ3) is 3.11. The van der Waals surface area contributed by atoms with Crippen molar-refractivity contribution in [2.24, 2.45) is 0 Å². The van der Waals surface area contributed by atoms with Gasteiger partial charge in [0.1, 0.15) is 11.6 Å². The highest BCUT2D eigenvalue weighted by Crippen LogP contribution is 2.27. The van der Waals surface area contributed by atoms with Gasteiger partial charge < -0.3 is 9.30 Å². The van der Waals surface area contributed by atoms with Crippen LogP contribution in [0.1, 0.15) is 5.56 Å². The highest BCUT2D eigenvalue weighted by atomic mass is 35.5. The Kier molecular flexibility index (Phi) is 4.16. The number of para-hydroxylation sites is 2. The number of hydrogen-bond donors (Lipinski definition) is 0. The quantitative estimate of drug-likeness (QED) is 0.492. The van der Waals surface area contributed by atoms with Crippen molar-refractivity contribution in [3.8, 4) is 17.1 Å². The first-order chi connectivity index (χ1) is 12.2. The molecule has 0 saturated heterocycles. The molecule has 0 unspecified atom stereocenters. The third-order valence-corrected chi connectivity index (χ3v) is 4.51. The summed E-state index contributed by atoms with van der Waals surface area (Å²) in [6, 6.07) is 24.1. The van der Waals surface area contributed by atoms with Crippen LogP contribution in [0.5, 0.6) is 5.75 Å². The van der Waals surface area contributed by atoms with E-state index in [-0.39, 0.29) is 0 Å². The molecule has 4 rings (SSSR count). The molecule has 0 aliphatic rings. The minimum absolute atomic E-state index is 0.724. The smallest absolute Gasteiger partial charge is 0.141 e. The largest absolute Gasteiger partial charge is 0.497 e. The van der Waals surface area contributed by atoms with Gasteiger partial charge in [-0.05, 0) is 54.1 Å². The van der Waals surface area contributed by atoms with E-state index in [1.54, 1.807) is 7.11 Å². The van der Waals surface area contributed by atoms with E-state index in [0.29, 0.717) is 0 Å². The summed E-state index contributed by atoms with van der Waals surface area (Å²) in [7, 11) is 1.68. The first-order valence-electron chi connectivity index (χ1n) is 8.09. The molecule has 0 radical (unpaired) electrons. The van der Waals surface area contributed by atoms with Gasteiger partial charge in [0, 0.05) is 17.1 Å². The predicted molar refractivity (Wildman–Crippen MR) is 102 cm³/mol. The molecule has 3 aromatic carbocycles. The molecule has 0 bridgehead atoms. The molecule has 0 spiro atoms. The van der Waals surface area contributed by atoms with Crippen molar-refractivity contribution < 1.29 is 4.74 Å². The Morgan fingerprint density at radius 3 is 2.36 bits per heavy atom. The number of halogens is 1. The zero-order chi connectivity index (χ0) is 17.2. The van der Waals surface area contributed by atoms with Crippen LogP contribution in [0.3, 0.4) is 0 Å². The summed E-state index contributed by atoms with van der Waals surface area (Å²) in [5.41, 5.74) is 4.34. The molecule has 4 aromatic rings. The molecule has 0 amide bonds. The Bertz CT molecular complexity index is 1000. The van der Waals surface area contributed by atoms with Crippen molar-refractivity contribution in [1.82, 2.24) is 9.55 Å². The summed E-state index contributed by atoms with van der Waals surface area (Å²) in [6.45, 7) is 0.739. The second-order valence-corrected chi connectivity index (χ2v) is 6.30. The van der Waals surface area contributed by atoms with Crippen molar-refractivity contribution in [3.63, 3.8) is 0 Å². The summed E-state index contributed by atoms with van der Waals surface area (Å²) < 4.78 is 7.48. The van der Waals surface area contributed by atoms with Crippen molar-refractivity contribution >= 4 is 22.6 Å². The van der Waals surface area contributed by atoms with Gasteiger partial charge in [-0.3, -0.25) is 0 Å². The van der Waals surface area contributed by atoms with Crippen molar-refractivity contribution in [3.05, 3.63) is 83.4 Å². The predicted octanol–water partition coefficient (Wildman–Crippen LogP) is 5.41. The molecule has 25 heavy (non-hydrogen) atoms. The van der Waals surface area contributed by atoms with Crippen LogP contribution in [0.25, 0.3) is 22.4 Å². The monoisotopic (exact) mass is 348 g/mol. The molecule has 0 aliphatic heterocycles. The highest BCUT2D eigenvalue weighted by Gasteiger charge is 2.12. The van der Waals surface area contributed by atoms with E-state index in [9.17, 15) is 0 Å². The van der Waals surface area contributed by atoms with Gasteiger partial charge in [-0.1, -0.05) is 35.9 Å². The first-order valence-corrected chi connectivity index (χ1v) is 8.46. The van der Waals surface area contributed by atoms with E-state index >= 15 is 0 Å². The lowest BCUT2D eigenvalue weighted by Gasteiger charge is -2.10. The van der Waals surface area contributed by atoms with Crippen LogP contribution >= 0.6 is 11.6 Å². The van der Waals surface area contributed by atoms with Crippen LogP contribution < -0.4 is 4.74 Å². The topological polar surface area (TPSA) is 27.1 Å². The van der Waals surface area contributed by atoms with Crippen LogP contribution in [-0.2, 0) is 6.54 Å². The molecule has 0 atom stereocenters. The fraction of sp³-hybridized carbons (Fsp3) is 0.0952. The Morgan fingerprint density at radius 2 is 1.64 bits per heavy atom. The number of ether oxygens (including phenoxy) is 1. The Morgan fingerprint density at radius 1 is 0.920 bits per heavy atom. The van der Waals surface area contributed by atoms with E-state index in [1.165, 1.54) is 5.56 Å². The van der Waals surface area contributed by atoms with E-state index in [4.69, 9.17) is 21.3 Å². The van der Waals surface area contributed by atoms with Gasteiger partial charge in [0.15, 0.2) is 0 Å². The fourth-order valence-electron chi connectivity index (χ4n) is 2.97. The highest BCUT2D eigenvalue weighted by molar-refractivity contribution is 6.30. The van der Waals surface area contributed by atoms with Crippen LogP contribution in [0, 0.1) is 0 Å². The average Bonchev–Trinajstić information content (AvgIpc) is 3.02. The summed E-state index contributed by atoms with van der Waals surface area (Å²) >= 11 is 6.04. The van der Waals surface area contributed by atoms with E-state index in [0.717, 1.165) is 39.7 Å². The van der Waals surface area contributed by atoms with E-state index < -0.39 is 0 Å². The van der Waals surface area contributed by atoms with Gasteiger partial charge >= 0.3 is 0 Å². The number of aromatic nitrogens is 2. The summed E-state index contributed by atoms with van der Waals surface area (Å²) in [5.74, 6) is 1.80. The molecule has 1 aromatic heterocycles. The second kappa shape index (κ2) is 6.61. The summed E-state index contributed by atoms with van der Waals surface area (Å²) in [6.07, 6.45) is 0. The second-order valence-electron chi connectivity index (χ2n) is 5.87. The number of fused-ring (bicyclic) bond motifs is 1. The van der Waals surface area contributed by atoms with E-state index in [2.05, 4.69) is 22.8 Å². The lowest BCUT2D eigenvalue weighted by molar-refractivity contribution is 0.414. The molecular formula is C21H17ClN2O. The SMILES string of the molecule is COc1ccc(Cn2c(-c3ccc(Cl)cc3)nc3ccccc32)cc1. The molecular weight excluding hydrogens is 332 g/mol. The maximum atomic E-state index is 6.04. The van der Waals surface area contributed by atoms with Crippen LogP contribution in [0.15, 0.2) is 72.8 Å². The molecule has 0 fully saturated rings. The maximum absolute atomic E-state index is 6.04. The van der Waals surface area contributed by atoms with Crippen LogP contribution in [0.2, 0.25) is 5.02 Å². The number of imidazole rings is 1. The first kappa shape index (κ1) is 15.7. The average molecular weight is 349 g/mol. The number of benzene rings is 3. The maximum Gasteiger partial charge on any atom is 0.141 e. The van der Waals surface area contributed by atoms with Crippen molar-refractivity contribution in [2.75, 3.05) is 7.11 Å². The number of hydrogen-bond acceptors (Lipinski definition) is 2. The zero-order valence-corrected chi connectivity index (χ0v) is 14.6. The molecule has 0 N–H and O–H groups in total. The summed E-state index contributed by atoms with van der Waals surface area (Å²) in [5, 5.41) is 0.724. The fourth-order valence-corrected chi connectivity index (χ4v) is 3.09. The Balaban J connectivity index is 1.82. The van der Waals surface area contributed by atoms with Crippen LogP contribution in [-0.4, -0.2) is 16.7 Å². The molecule has 3 nitrogen and oxygen atoms in total. The van der Waals surface area contributed by atoms with Crippen molar-refractivity contribution in [1.29, 1.82) is 0 Å². The minimum Gasteiger partial charge on any atom is -0.497 e. The van der Waals surface area contributed by atoms with Gasteiger partial charge in [-0.2, -0.15) is 0 Å². The van der Waals surface area contributed by atoms with Gasteiger partial charge in [0.25, 0.3) is 0 Å². The van der Waals surface area contributed by atoms with Gasteiger partial charge in [-0.25, -0.2) is 4.98 Å².